The van der Waals surface area contributed by atoms with Crippen LogP contribution < -0.4 is 10.6 Å². The average Bonchev–Trinajstić information content (AvgIpc) is 3.23. The second-order valence-electron chi connectivity index (χ2n) is 5.56. The third-order valence-corrected chi connectivity index (χ3v) is 4.75. The summed E-state index contributed by atoms with van der Waals surface area (Å²) in [6.45, 7) is -0.156. The Kier molecular flexibility index (Phi) is 5.04. The number of hydrogen-bond donors (Lipinski definition) is 2. The van der Waals surface area contributed by atoms with Gasteiger partial charge < -0.3 is 19.9 Å². The van der Waals surface area contributed by atoms with Crippen LogP contribution in [-0.4, -0.2) is 36.0 Å². The molecule has 2 heterocycles. The predicted molar refractivity (Wildman–Crippen MR) is 99.5 cm³/mol. The Hall–Kier alpha value is -3.13. The van der Waals surface area contributed by atoms with Crippen molar-refractivity contribution in [3.05, 3.63) is 53.0 Å². The number of carbonyl (C=O) groups excluding carboxylic acids is 3. The second kappa shape index (κ2) is 7.40. The van der Waals surface area contributed by atoms with E-state index in [1.807, 2.05) is 18.5 Å². The van der Waals surface area contributed by atoms with E-state index in [9.17, 15) is 14.4 Å². The summed E-state index contributed by atoms with van der Waals surface area (Å²) in [6, 6.07) is 10.0. The number of ether oxygens (including phenoxy) is 1. The first-order valence-corrected chi connectivity index (χ1v) is 8.67. The molecule has 3 rings (SSSR count). The molecular formula is C18H17N3O4S. The molecule has 0 aliphatic heterocycles. The Bertz CT molecular complexity index is 972. The third kappa shape index (κ3) is 3.60. The molecule has 8 heteroatoms. The maximum Gasteiger partial charge on any atom is 0.337 e. The summed E-state index contributed by atoms with van der Waals surface area (Å²) in [6.07, 6.45) is 0. The van der Waals surface area contributed by atoms with Crippen LogP contribution in [0.4, 0.5) is 5.69 Å². The van der Waals surface area contributed by atoms with Crippen molar-refractivity contribution in [2.45, 2.75) is 0 Å². The Labute approximate surface area is 153 Å². The van der Waals surface area contributed by atoms with E-state index >= 15 is 0 Å². The first kappa shape index (κ1) is 17.7. The SMILES string of the molecule is COC(=O)c1ccc(NC(=O)CNC(=O)c2cc3sccc3n2C)cc1. The summed E-state index contributed by atoms with van der Waals surface area (Å²) in [5.74, 6) is -1.12. The summed E-state index contributed by atoms with van der Waals surface area (Å²) in [5.41, 5.74) is 2.40. The molecule has 7 nitrogen and oxygen atoms in total. The van der Waals surface area contributed by atoms with Crippen LogP contribution in [0.1, 0.15) is 20.8 Å². The standard InChI is InChI=1S/C18H17N3O4S/c1-21-13-7-8-26-15(13)9-14(21)17(23)19-10-16(22)20-12-5-3-11(4-6-12)18(24)25-2/h3-9H,10H2,1-2H3,(H,19,23)(H,20,22). The molecule has 26 heavy (non-hydrogen) atoms. The van der Waals surface area contributed by atoms with Crippen LogP contribution in [0.3, 0.4) is 0 Å². The largest absolute Gasteiger partial charge is 0.465 e. The van der Waals surface area contributed by atoms with E-state index in [2.05, 4.69) is 15.4 Å². The number of thiophene rings is 1. The highest BCUT2D eigenvalue weighted by Gasteiger charge is 2.15. The van der Waals surface area contributed by atoms with E-state index in [4.69, 9.17) is 0 Å². The van der Waals surface area contributed by atoms with Gasteiger partial charge in [0.25, 0.3) is 5.91 Å². The molecule has 0 spiro atoms. The van der Waals surface area contributed by atoms with Gasteiger partial charge in [-0.2, -0.15) is 0 Å². The number of anilines is 1. The predicted octanol–water partition coefficient (Wildman–Crippen LogP) is 2.39. The number of nitrogens with zero attached hydrogens (tertiary/aromatic N) is 1. The number of nitrogens with one attached hydrogen (secondary N) is 2. The van der Waals surface area contributed by atoms with Crippen LogP contribution >= 0.6 is 11.3 Å². The number of hydrogen-bond acceptors (Lipinski definition) is 5. The summed E-state index contributed by atoms with van der Waals surface area (Å²) in [5, 5.41) is 7.23. The van der Waals surface area contributed by atoms with Crippen molar-refractivity contribution in [2.24, 2.45) is 7.05 Å². The van der Waals surface area contributed by atoms with Crippen LogP contribution in [0.2, 0.25) is 0 Å². The highest BCUT2D eigenvalue weighted by Crippen LogP contribution is 2.23. The topological polar surface area (TPSA) is 89.4 Å². The fraction of sp³-hybridized carbons (Fsp3) is 0.167. The van der Waals surface area contributed by atoms with Gasteiger partial charge in [-0.1, -0.05) is 0 Å². The van der Waals surface area contributed by atoms with E-state index in [0.717, 1.165) is 10.2 Å². The minimum atomic E-state index is -0.447. The molecular weight excluding hydrogens is 354 g/mol. The molecule has 0 atom stereocenters. The van der Waals surface area contributed by atoms with Gasteiger partial charge in [0.05, 0.1) is 29.4 Å². The number of carbonyl (C=O) groups is 3. The zero-order valence-corrected chi connectivity index (χ0v) is 15.1. The Morgan fingerprint density at radius 3 is 2.54 bits per heavy atom. The van der Waals surface area contributed by atoms with Gasteiger partial charge in [0, 0.05) is 12.7 Å². The van der Waals surface area contributed by atoms with Crippen molar-refractivity contribution < 1.29 is 19.1 Å². The Morgan fingerprint density at radius 1 is 1.15 bits per heavy atom. The molecule has 0 unspecified atom stereocenters. The lowest BCUT2D eigenvalue weighted by atomic mass is 10.2. The minimum Gasteiger partial charge on any atom is -0.465 e. The van der Waals surface area contributed by atoms with E-state index in [0.29, 0.717) is 16.9 Å². The molecule has 0 saturated carbocycles. The number of aryl methyl sites for hydroxylation is 1. The number of esters is 1. The van der Waals surface area contributed by atoms with Gasteiger partial charge in [-0.15, -0.1) is 11.3 Å². The van der Waals surface area contributed by atoms with E-state index in [1.165, 1.54) is 7.11 Å². The minimum absolute atomic E-state index is 0.156. The molecule has 0 aliphatic carbocycles. The fourth-order valence-electron chi connectivity index (χ4n) is 2.53. The van der Waals surface area contributed by atoms with Gasteiger partial charge in [-0.3, -0.25) is 9.59 Å². The lowest BCUT2D eigenvalue weighted by Gasteiger charge is -2.08. The normalized spacial score (nSPS) is 10.5. The van der Waals surface area contributed by atoms with Gasteiger partial charge in [0.1, 0.15) is 5.69 Å². The van der Waals surface area contributed by atoms with Crippen LogP contribution in [0.15, 0.2) is 41.8 Å². The molecule has 0 fully saturated rings. The lowest BCUT2D eigenvalue weighted by Crippen LogP contribution is -2.33. The number of benzene rings is 1. The van der Waals surface area contributed by atoms with Crippen LogP contribution in [0.5, 0.6) is 0 Å². The maximum absolute atomic E-state index is 12.3. The van der Waals surface area contributed by atoms with Gasteiger partial charge in [0.15, 0.2) is 0 Å². The molecule has 2 N–H and O–H groups in total. The van der Waals surface area contributed by atoms with Crippen LogP contribution in [0.25, 0.3) is 10.2 Å². The smallest absolute Gasteiger partial charge is 0.337 e. The van der Waals surface area contributed by atoms with E-state index < -0.39 is 5.97 Å². The first-order valence-electron chi connectivity index (χ1n) is 7.79. The second-order valence-corrected chi connectivity index (χ2v) is 6.51. The molecule has 2 amide bonds. The lowest BCUT2D eigenvalue weighted by molar-refractivity contribution is -0.115. The molecule has 3 aromatic rings. The first-order chi connectivity index (χ1) is 12.5. The van der Waals surface area contributed by atoms with Gasteiger partial charge in [-0.05, 0) is 41.8 Å². The molecule has 1 aromatic carbocycles. The molecule has 0 saturated heterocycles. The highest BCUT2D eigenvalue weighted by molar-refractivity contribution is 7.17. The van der Waals surface area contributed by atoms with Crippen molar-refractivity contribution in [3.8, 4) is 0 Å². The summed E-state index contributed by atoms with van der Waals surface area (Å²) < 4.78 is 7.43. The average molecular weight is 371 g/mol. The fourth-order valence-corrected chi connectivity index (χ4v) is 3.38. The van der Waals surface area contributed by atoms with Crippen LogP contribution in [-0.2, 0) is 16.6 Å². The molecule has 0 radical (unpaired) electrons. The van der Waals surface area contributed by atoms with Crippen molar-refractivity contribution in [2.75, 3.05) is 19.0 Å². The molecule has 134 valence electrons. The Balaban J connectivity index is 1.56. The number of rotatable bonds is 5. The van der Waals surface area contributed by atoms with Crippen molar-refractivity contribution in [1.29, 1.82) is 0 Å². The highest BCUT2D eigenvalue weighted by atomic mass is 32.1. The maximum atomic E-state index is 12.3. The molecule has 0 bridgehead atoms. The summed E-state index contributed by atoms with van der Waals surface area (Å²) >= 11 is 1.56. The molecule has 2 aromatic heterocycles. The number of methoxy groups -OCH3 is 1. The monoisotopic (exact) mass is 371 g/mol. The number of fused-ring (bicyclic) bond motifs is 1. The molecule has 0 aliphatic rings. The summed E-state index contributed by atoms with van der Waals surface area (Å²) in [4.78, 5) is 35.7. The van der Waals surface area contributed by atoms with Gasteiger partial charge in [0.2, 0.25) is 5.91 Å². The van der Waals surface area contributed by atoms with Crippen LogP contribution in [0, 0.1) is 0 Å². The van der Waals surface area contributed by atoms with E-state index in [-0.39, 0.29) is 18.4 Å². The van der Waals surface area contributed by atoms with Gasteiger partial charge in [-0.25, -0.2) is 4.79 Å². The third-order valence-electron chi connectivity index (χ3n) is 3.90. The van der Waals surface area contributed by atoms with Crippen molar-refractivity contribution in [1.82, 2.24) is 9.88 Å². The zero-order chi connectivity index (χ0) is 18.7. The van der Waals surface area contributed by atoms with E-state index in [1.54, 1.807) is 46.2 Å². The van der Waals surface area contributed by atoms with Gasteiger partial charge >= 0.3 is 5.97 Å². The number of amides is 2. The zero-order valence-electron chi connectivity index (χ0n) is 14.2. The Morgan fingerprint density at radius 2 is 1.88 bits per heavy atom. The quantitative estimate of drug-likeness (QED) is 0.674. The van der Waals surface area contributed by atoms with Crippen molar-refractivity contribution in [3.63, 3.8) is 0 Å². The summed E-state index contributed by atoms with van der Waals surface area (Å²) in [7, 11) is 3.12. The number of aromatic nitrogens is 1. The van der Waals surface area contributed by atoms with Crippen molar-refractivity contribution >= 4 is 45.0 Å².